The molecule has 0 aromatic rings. The van der Waals surface area contributed by atoms with Gasteiger partial charge < -0.3 is 5.73 Å². The summed E-state index contributed by atoms with van der Waals surface area (Å²) in [7, 11) is 0. The van der Waals surface area contributed by atoms with Gasteiger partial charge >= 0.3 is 0 Å². The van der Waals surface area contributed by atoms with E-state index in [-0.39, 0.29) is 12.8 Å². The lowest BCUT2D eigenvalue weighted by Crippen LogP contribution is -2.22. The van der Waals surface area contributed by atoms with Crippen molar-refractivity contribution in [2.75, 3.05) is 0 Å². The lowest BCUT2D eigenvalue weighted by atomic mass is 9.97. The van der Waals surface area contributed by atoms with Crippen LogP contribution in [0.25, 0.3) is 0 Å². The number of hydrogen-bond donors (Lipinski definition) is 1. The SMILES string of the molecule is [2H]C1([2H])CC(N)CC([2H])([2H])C1([2H])[2H]. The summed E-state index contributed by atoms with van der Waals surface area (Å²) in [6.45, 7) is 0. The Morgan fingerprint density at radius 2 is 1.86 bits per heavy atom. The van der Waals surface area contributed by atoms with Crippen molar-refractivity contribution in [3.8, 4) is 0 Å². The Labute approximate surface area is 53.3 Å². The molecule has 0 amide bonds. The van der Waals surface area contributed by atoms with Gasteiger partial charge in [0.25, 0.3) is 0 Å². The van der Waals surface area contributed by atoms with Crippen molar-refractivity contribution in [2.45, 2.75) is 38.0 Å². The van der Waals surface area contributed by atoms with E-state index in [1.54, 1.807) is 0 Å². The van der Waals surface area contributed by atoms with E-state index in [0.29, 0.717) is 0 Å². The summed E-state index contributed by atoms with van der Waals surface area (Å²) in [5.41, 5.74) is 5.46. The van der Waals surface area contributed by atoms with E-state index in [9.17, 15) is 0 Å². The molecule has 0 aromatic heterocycles. The maximum Gasteiger partial charge on any atom is 0.0267 e. The van der Waals surface area contributed by atoms with Crippen LogP contribution in [0.1, 0.15) is 40.2 Å². The van der Waals surface area contributed by atoms with Crippen LogP contribution in [-0.2, 0) is 0 Å². The Balaban J connectivity index is 3.03. The Kier molecular flexibility index (Phi) is 0.487. The molecule has 0 atom stereocenters. The minimum absolute atomic E-state index is 0.125. The number of hydrogen-bond acceptors (Lipinski definition) is 1. The van der Waals surface area contributed by atoms with Crippen LogP contribution in [0.15, 0.2) is 0 Å². The van der Waals surface area contributed by atoms with Gasteiger partial charge in [0.1, 0.15) is 0 Å². The summed E-state index contributed by atoms with van der Waals surface area (Å²) in [6, 6.07) is -0.603. The molecule has 0 radical (unpaired) electrons. The molecular formula is C6H13N. The second kappa shape index (κ2) is 2.31. The molecule has 7 heavy (non-hydrogen) atoms. The molecule has 0 bridgehead atoms. The lowest BCUT2D eigenvalue weighted by Gasteiger charge is -2.15. The zero-order valence-electron chi connectivity index (χ0n) is 10.1. The molecule has 0 aliphatic heterocycles. The van der Waals surface area contributed by atoms with Crippen molar-refractivity contribution >= 4 is 0 Å². The molecule has 1 rings (SSSR count). The molecule has 1 aliphatic rings. The van der Waals surface area contributed by atoms with E-state index in [2.05, 4.69) is 0 Å². The van der Waals surface area contributed by atoms with Crippen LogP contribution in [0.4, 0.5) is 0 Å². The van der Waals surface area contributed by atoms with E-state index in [1.165, 1.54) is 0 Å². The van der Waals surface area contributed by atoms with Crippen molar-refractivity contribution in [3.63, 3.8) is 0 Å². The van der Waals surface area contributed by atoms with E-state index in [0.717, 1.165) is 0 Å². The molecule has 42 valence electrons. The highest BCUT2D eigenvalue weighted by atomic mass is 14.6. The van der Waals surface area contributed by atoms with Crippen LogP contribution < -0.4 is 5.73 Å². The van der Waals surface area contributed by atoms with Gasteiger partial charge in [-0.15, -0.1) is 0 Å². The third-order valence-electron chi connectivity index (χ3n) is 0.905. The Hall–Kier alpha value is -0.0400. The monoisotopic (exact) mass is 105 g/mol. The fraction of sp³-hybridized carbons (Fsp3) is 1.00. The predicted molar refractivity (Wildman–Crippen MR) is 31.1 cm³/mol. The normalized spacial score (nSPS) is 59.6. The fourth-order valence-corrected chi connectivity index (χ4v) is 0.499. The summed E-state index contributed by atoms with van der Waals surface area (Å²) in [5.74, 6) is 0. The first-order chi connectivity index (χ1) is 5.60. The molecule has 2 N–H and O–H groups in total. The Morgan fingerprint density at radius 3 is 2.43 bits per heavy atom. The molecule has 1 aliphatic carbocycles. The molecule has 1 fully saturated rings. The standard InChI is InChI=1S/C6H13N/c7-6-4-2-1-3-5-6/h6H,1-5,7H2/i1D2,2D2,3D2. The zero-order valence-corrected chi connectivity index (χ0v) is 4.07. The summed E-state index contributed by atoms with van der Waals surface area (Å²) in [5, 5.41) is 0. The Bertz CT molecular complexity index is 193. The highest BCUT2D eigenvalue weighted by Crippen LogP contribution is 2.14. The highest BCUT2D eigenvalue weighted by Gasteiger charge is 2.06. The second-order valence-corrected chi connectivity index (χ2v) is 1.65. The average molecular weight is 105 g/mol. The van der Waals surface area contributed by atoms with Crippen LogP contribution in [0.2, 0.25) is 0 Å². The van der Waals surface area contributed by atoms with Gasteiger partial charge in [0, 0.05) is 14.3 Å². The topological polar surface area (TPSA) is 26.0 Å². The highest BCUT2D eigenvalue weighted by molar-refractivity contribution is 4.66. The van der Waals surface area contributed by atoms with Crippen molar-refractivity contribution in [1.29, 1.82) is 0 Å². The van der Waals surface area contributed by atoms with Gasteiger partial charge in [-0.2, -0.15) is 0 Å². The smallest absolute Gasteiger partial charge is 0.0267 e. The summed E-state index contributed by atoms with van der Waals surface area (Å²) in [4.78, 5) is 0. The molecule has 0 spiro atoms. The lowest BCUT2D eigenvalue weighted by molar-refractivity contribution is 0.441. The molecule has 1 saturated carbocycles. The zero-order chi connectivity index (χ0) is 10.5. The predicted octanol–water partition coefficient (Wildman–Crippen LogP) is 1.28. The minimum Gasteiger partial charge on any atom is -0.328 e. The van der Waals surface area contributed by atoms with Crippen molar-refractivity contribution in [3.05, 3.63) is 0 Å². The van der Waals surface area contributed by atoms with Gasteiger partial charge in [-0.1, -0.05) is 19.1 Å². The van der Waals surface area contributed by atoms with Crippen LogP contribution in [0.3, 0.4) is 0 Å². The molecule has 1 nitrogen and oxygen atoms in total. The minimum atomic E-state index is -2.46. The van der Waals surface area contributed by atoms with Crippen LogP contribution in [0.5, 0.6) is 0 Å². The largest absolute Gasteiger partial charge is 0.328 e. The van der Waals surface area contributed by atoms with Crippen molar-refractivity contribution < 1.29 is 8.22 Å². The fourth-order valence-electron chi connectivity index (χ4n) is 0.499. The maximum atomic E-state index is 7.39. The van der Waals surface area contributed by atoms with E-state index in [1.807, 2.05) is 0 Å². The maximum absolute atomic E-state index is 7.39. The van der Waals surface area contributed by atoms with Crippen molar-refractivity contribution in [1.82, 2.24) is 0 Å². The summed E-state index contributed by atoms with van der Waals surface area (Å²) in [6.07, 6.45) is -7.09. The first-order valence-corrected chi connectivity index (χ1v) is 2.36. The molecule has 0 aromatic carbocycles. The first kappa shape index (κ1) is 1.47. The molecule has 0 heterocycles. The van der Waals surface area contributed by atoms with Gasteiger partial charge in [0.15, 0.2) is 0 Å². The van der Waals surface area contributed by atoms with E-state index in [4.69, 9.17) is 14.0 Å². The third-order valence-corrected chi connectivity index (χ3v) is 0.905. The van der Waals surface area contributed by atoms with Gasteiger partial charge in [0.05, 0.1) is 0 Å². The van der Waals surface area contributed by atoms with Crippen LogP contribution >= 0.6 is 0 Å². The van der Waals surface area contributed by atoms with Crippen LogP contribution in [-0.4, -0.2) is 6.04 Å². The van der Waals surface area contributed by atoms with Gasteiger partial charge in [-0.25, -0.2) is 0 Å². The number of nitrogens with two attached hydrogens (primary N) is 1. The van der Waals surface area contributed by atoms with Gasteiger partial charge in [-0.05, 0) is 12.8 Å². The summed E-state index contributed by atoms with van der Waals surface area (Å²) >= 11 is 0. The van der Waals surface area contributed by atoms with Crippen molar-refractivity contribution in [2.24, 2.45) is 5.73 Å². The van der Waals surface area contributed by atoms with Gasteiger partial charge in [-0.3, -0.25) is 0 Å². The van der Waals surface area contributed by atoms with Gasteiger partial charge in [0.2, 0.25) is 0 Å². The Morgan fingerprint density at radius 1 is 1.29 bits per heavy atom. The molecular weight excluding hydrogens is 86.1 g/mol. The first-order valence-electron chi connectivity index (χ1n) is 5.36. The summed E-state index contributed by atoms with van der Waals surface area (Å²) < 4.78 is 44.3. The second-order valence-electron chi connectivity index (χ2n) is 1.65. The molecule has 1 heteroatoms. The molecule has 0 saturated heterocycles. The average Bonchev–Trinajstić information content (AvgIpc) is 1.80. The quantitative estimate of drug-likeness (QED) is 0.493. The molecule has 0 unspecified atom stereocenters. The van der Waals surface area contributed by atoms with E-state index >= 15 is 0 Å². The number of rotatable bonds is 0. The van der Waals surface area contributed by atoms with Crippen LogP contribution in [0, 0.1) is 0 Å². The van der Waals surface area contributed by atoms with E-state index < -0.39 is 25.2 Å². The third kappa shape index (κ3) is 1.48.